The summed E-state index contributed by atoms with van der Waals surface area (Å²) < 4.78 is 5.49. The second kappa shape index (κ2) is 6.44. The Hall–Kier alpha value is -0.610. The number of nitrogens with zero attached hydrogens (tertiary/aromatic N) is 2. The summed E-state index contributed by atoms with van der Waals surface area (Å²) in [6, 6.07) is 2.04. The third-order valence-corrected chi connectivity index (χ3v) is 4.51. The number of piperazine rings is 1. The van der Waals surface area contributed by atoms with Crippen LogP contribution in [0.2, 0.25) is 0 Å². The highest BCUT2D eigenvalue weighted by Gasteiger charge is 2.41. The minimum Gasteiger partial charge on any atom is -0.461 e. The molecule has 0 aromatic heterocycles. The van der Waals surface area contributed by atoms with Crippen molar-refractivity contribution >= 4 is 5.97 Å². The Balaban J connectivity index is 1.83. The first-order valence-corrected chi connectivity index (χ1v) is 8.08. The van der Waals surface area contributed by atoms with Gasteiger partial charge in [0, 0.05) is 37.8 Å². The number of carbonyl (C=O) groups is 1. The summed E-state index contributed by atoms with van der Waals surface area (Å²) in [6.45, 7) is 13.5. The molecular weight excluding hydrogens is 252 g/mol. The maximum Gasteiger partial charge on any atom is 0.308 e. The summed E-state index contributed by atoms with van der Waals surface area (Å²) in [5, 5.41) is 0. The zero-order valence-corrected chi connectivity index (χ0v) is 13.6. The van der Waals surface area contributed by atoms with Crippen LogP contribution in [0.25, 0.3) is 0 Å². The molecule has 0 amide bonds. The van der Waals surface area contributed by atoms with Gasteiger partial charge in [0.2, 0.25) is 0 Å². The average Bonchev–Trinajstić information content (AvgIpc) is 2.61. The van der Waals surface area contributed by atoms with Crippen LogP contribution < -0.4 is 0 Å². The molecule has 0 aromatic carbocycles. The molecule has 0 N–H and O–H groups in total. The molecule has 2 bridgehead atoms. The maximum absolute atomic E-state index is 11.6. The number of fused-ring (bicyclic) bond motifs is 2. The maximum atomic E-state index is 11.6. The van der Waals surface area contributed by atoms with Gasteiger partial charge in [-0.05, 0) is 33.6 Å². The predicted octanol–water partition coefficient (Wildman–Crippen LogP) is 2.13. The zero-order chi connectivity index (χ0) is 14.9. The number of hydrogen-bond acceptors (Lipinski definition) is 4. The van der Waals surface area contributed by atoms with Crippen LogP contribution in [0.5, 0.6) is 0 Å². The van der Waals surface area contributed by atoms with Crippen molar-refractivity contribution in [3.8, 4) is 0 Å². The largest absolute Gasteiger partial charge is 0.461 e. The summed E-state index contributed by atoms with van der Waals surface area (Å²) in [7, 11) is 0. The average molecular weight is 282 g/mol. The van der Waals surface area contributed by atoms with Crippen molar-refractivity contribution in [3.63, 3.8) is 0 Å². The van der Waals surface area contributed by atoms with E-state index in [1.54, 1.807) is 0 Å². The van der Waals surface area contributed by atoms with Gasteiger partial charge in [-0.3, -0.25) is 14.6 Å². The molecule has 0 aliphatic carbocycles. The number of ether oxygens (including phenoxy) is 1. The first-order valence-electron chi connectivity index (χ1n) is 8.08. The van der Waals surface area contributed by atoms with E-state index in [0.717, 1.165) is 19.6 Å². The van der Waals surface area contributed by atoms with Crippen molar-refractivity contribution in [1.82, 2.24) is 9.80 Å². The molecular formula is C16H30N2O2. The van der Waals surface area contributed by atoms with Gasteiger partial charge >= 0.3 is 5.97 Å². The summed E-state index contributed by atoms with van der Waals surface area (Å²) >= 11 is 0. The van der Waals surface area contributed by atoms with E-state index in [1.807, 2.05) is 20.8 Å². The van der Waals surface area contributed by atoms with Crippen molar-refractivity contribution in [2.75, 3.05) is 19.6 Å². The van der Waals surface area contributed by atoms with Gasteiger partial charge in [-0.1, -0.05) is 13.8 Å². The number of esters is 1. The van der Waals surface area contributed by atoms with E-state index >= 15 is 0 Å². The number of carbonyl (C=O) groups excluding carboxylic acids is 1. The summed E-state index contributed by atoms with van der Waals surface area (Å²) in [6.07, 6.45) is 2.63. The fraction of sp³-hybridized carbons (Fsp3) is 0.938. The minimum atomic E-state index is -0.0821. The number of likely N-dealkylation sites (tertiary alicyclic amines) is 1. The van der Waals surface area contributed by atoms with Gasteiger partial charge in [0.15, 0.2) is 0 Å². The van der Waals surface area contributed by atoms with E-state index in [-0.39, 0.29) is 18.0 Å². The first kappa shape index (κ1) is 15.8. The number of hydrogen-bond donors (Lipinski definition) is 0. The topological polar surface area (TPSA) is 32.8 Å². The Labute approximate surface area is 123 Å². The minimum absolute atomic E-state index is 0.00472. The third-order valence-electron chi connectivity index (χ3n) is 4.51. The van der Waals surface area contributed by atoms with E-state index in [4.69, 9.17) is 4.74 Å². The molecule has 0 spiro atoms. The third kappa shape index (κ3) is 3.53. The van der Waals surface area contributed by atoms with Crippen molar-refractivity contribution in [3.05, 3.63) is 0 Å². The molecule has 2 rings (SSSR count). The first-order chi connectivity index (χ1) is 9.38. The second-order valence-corrected chi connectivity index (χ2v) is 7.05. The van der Waals surface area contributed by atoms with Crippen LogP contribution in [-0.2, 0) is 9.53 Å². The van der Waals surface area contributed by atoms with Crippen molar-refractivity contribution in [2.24, 2.45) is 5.92 Å². The summed E-state index contributed by atoms with van der Waals surface area (Å²) in [5.74, 6) is -0.118. The molecule has 2 fully saturated rings. The molecule has 20 heavy (non-hydrogen) atoms. The normalized spacial score (nSPS) is 29.1. The van der Waals surface area contributed by atoms with Gasteiger partial charge in [0.05, 0.1) is 5.92 Å². The van der Waals surface area contributed by atoms with Crippen LogP contribution in [0.3, 0.4) is 0 Å². The second-order valence-electron chi connectivity index (χ2n) is 7.05. The molecule has 0 radical (unpaired) electrons. The van der Waals surface area contributed by atoms with E-state index in [1.165, 1.54) is 12.8 Å². The lowest BCUT2D eigenvalue weighted by molar-refractivity contribution is -0.153. The highest BCUT2D eigenvalue weighted by molar-refractivity contribution is 5.71. The smallest absolute Gasteiger partial charge is 0.308 e. The quantitative estimate of drug-likeness (QED) is 0.723. The van der Waals surface area contributed by atoms with Crippen LogP contribution in [0.1, 0.15) is 47.5 Å². The van der Waals surface area contributed by atoms with Gasteiger partial charge in [0.25, 0.3) is 0 Å². The van der Waals surface area contributed by atoms with Crippen molar-refractivity contribution in [2.45, 2.75) is 71.7 Å². The van der Waals surface area contributed by atoms with E-state index < -0.39 is 0 Å². The van der Waals surface area contributed by atoms with Gasteiger partial charge in [-0.2, -0.15) is 0 Å². The SMILES string of the molecule is CC(CN1CC2CCC(C1)N2C(C)C)OC(=O)C(C)C. The Bertz CT molecular complexity index is 329. The van der Waals surface area contributed by atoms with E-state index in [9.17, 15) is 4.79 Å². The van der Waals surface area contributed by atoms with E-state index in [0.29, 0.717) is 18.1 Å². The molecule has 4 nitrogen and oxygen atoms in total. The van der Waals surface area contributed by atoms with Gasteiger partial charge in [-0.25, -0.2) is 0 Å². The fourth-order valence-electron chi connectivity index (χ4n) is 3.75. The Morgan fingerprint density at radius 2 is 1.65 bits per heavy atom. The van der Waals surface area contributed by atoms with E-state index in [2.05, 4.69) is 23.6 Å². The van der Waals surface area contributed by atoms with Gasteiger partial charge in [0.1, 0.15) is 6.10 Å². The Kier molecular flexibility index (Phi) is 5.08. The lowest BCUT2D eigenvalue weighted by Crippen LogP contribution is -2.57. The monoisotopic (exact) mass is 282 g/mol. The highest BCUT2D eigenvalue weighted by Crippen LogP contribution is 2.31. The standard InChI is InChI=1S/C16H30N2O2/c1-11(2)16(19)20-13(5)8-17-9-14-6-7-15(10-17)18(14)12(3)4/h11-15H,6-10H2,1-5H3. The fourth-order valence-corrected chi connectivity index (χ4v) is 3.75. The van der Waals surface area contributed by atoms with Gasteiger partial charge < -0.3 is 4.74 Å². The Morgan fingerprint density at radius 1 is 1.10 bits per heavy atom. The lowest BCUT2D eigenvalue weighted by atomic mass is 10.1. The Morgan fingerprint density at radius 3 is 2.10 bits per heavy atom. The zero-order valence-electron chi connectivity index (χ0n) is 13.6. The molecule has 2 aliphatic heterocycles. The number of rotatable bonds is 5. The van der Waals surface area contributed by atoms with Crippen LogP contribution >= 0.6 is 0 Å². The van der Waals surface area contributed by atoms with Crippen LogP contribution in [0.15, 0.2) is 0 Å². The van der Waals surface area contributed by atoms with Crippen LogP contribution in [0, 0.1) is 5.92 Å². The van der Waals surface area contributed by atoms with Gasteiger partial charge in [-0.15, -0.1) is 0 Å². The molecule has 2 heterocycles. The summed E-state index contributed by atoms with van der Waals surface area (Å²) in [5.41, 5.74) is 0. The molecule has 2 saturated heterocycles. The molecule has 0 saturated carbocycles. The summed E-state index contributed by atoms with van der Waals surface area (Å²) in [4.78, 5) is 16.8. The van der Waals surface area contributed by atoms with Crippen LogP contribution in [-0.4, -0.2) is 59.6 Å². The molecule has 4 heteroatoms. The molecule has 3 atom stereocenters. The molecule has 0 aromatic rings. The molecule has 3 unspecified atom stereocenters. The predicted molar refractivity (Wildman–Crippen MR) is 80.6 cm³/mol. The highest BCUT2D eigenvalue weighted by atomic mass is 16.5. The lowest BCUT2D eigenvalue weighted by Gasteiger charge is -2.43. The molecule has 2 aliphatic rings. The molecule has 116 valence electrons. The van der Waals surface area contributed by atoms with Crippen molar-refractivity contribution < 1.29 is 9.53 Å². The van der Waals surface area contributed by atoms with Crippen LogP contribution in [0.4, 0.5) is 0 Å². The van der Waals surface area contributed by atoms with Crippen molar-refractivity contribution in [1.29, 1.82) is 0 Å².